The zero-order chi connectivity index (χ0) is 17.3. The lowest BCUT2D eigenvalue weighted by atomic mass is 9.77. The second-order valence-corrected chi connectivity index (χ2v) is 8.02. The summed E-state index contributed by atoms with van der Waals surface area (Å²) >= 11 is 0. The van der Waals surface area contributed by atoms with Gasteiger partial charge in [0.05, 0.1) is 0 Å². The molecule has 2 heterocycles. The molecule has 2 N–H and O–H groups in total. The van der Waals surface area contributed by atoms with Gasteiger partial charge in [-0.25, -0.2) is 0 Å². The van der Waals surface area contributed by atoms with Crippen molar-refractivity contribution in [2.75, 3.05) is 0 Å². The molecule has 0 amide bonds. The van der Waals surface area contributed by atoms with E-state index >= 15 is 0 Å². The highest BCUT2D eigenvalue weighted by molar-refractivity contribution is 5.03. The van der Waals surface area contributed by atoms with Crippen molar-refractivity contribution in [3.05, 3.63) is 23.3 Å². The maximum atomic E-state index is 10.4. The second-order valence-electron chi connectivity index (χ2n) is 8.02. The van der Waals surface area contributed by atoms with Crippen LogP contribution in [-0.4, -0.2) is 29.1 Å². The lowest BCUT2D eigenvalue weighted by molar-refractivity contribution is -0.301. The van der Waals surface area contributed by atoms with E-state index in [1.54, 1.807) is 0 Å². The number of ether oxygens (including phenoxy) is 2. The topological polar surface area (TPSA) is 58.9 Å². The summed E-state index contributed by atoms with van der Waals surface area (Å²) in [6, 6.07) is 0. The number of hydrogen-bond acceptors (Lipinski definition) is 4. The Hall–Kier alpha value is -0.680. The third-order valence-electron chi connectivity index (χ3n) is 6.05. The maximum Gasteiger partial charge on any atom is 0.167 e. The van der Waals surface area contributed by atoms with E-state index in [0.29, 0.717) is 5.92 Å². The predicted molar refractivity (Wildman–Crippen MR) is 92.8 cm³/mol. The Kier molecular flexibility index (Phi) is 5.81. The lowest BCUT2D eigenvalue weighted by Crippen LogP contribution is -2.45. The fourth-order valence-corrected chi connectivity index (χ4v) is 4.79. The summed E-state index contributed by atoms with van der Waals surface area (Å²) in [6.07, 6.45) is 8.88. The van der Waals surface area contributed by atoms with Crippen LogP contribution < -0.4 is 0 Å². The maximum absolute atomic E-state index is 10.4. The van der Waals surface area contributed by atoms with Crippen molar-refractivity contribution in [2.45, 2.75) is 78.2 Å². The van der Waals surface area contributed by atoms with E-state index < -0.39 is 18.9 Å². The first kappa shape index (κ1) is 18.1. The zero-order valence-electron chi connectivity index (χ0n) is 15.1. The van der Waals surface area contributed by atoms with Crippen molar-refractivity contribution >= 4 is 0 Å². The summed E-state index contributed by atoms with van der Waals surface area (Å²) in [5.41, 5.74) is 2.79. The van der Waals surface area contributed by atoms with E-state index in [-0.39, 0.29) is 17.8 Å². The Morgan fingerprint density at radius 3 is 2.42 bits per heavy atom. The highest BCUT2D eigenvalue weighted by atomic mass is 16.8. The van der Waals surface area contributed by atoms with E-state index in [1.807, 2.05) is 0 Å². The van der Waals surface area contributed by atoms with Crippen LogP contribution in [0, 0.1) is 23.7 Å². The van der Waals surface area contributed by atoms with Gasteiger partial charge in [0, 0.05) is 17.8 Å². The predicted octanol–water partition coefficient (Wildman–Crippen LogP) is 3.74. The molecule has 1 aliphatic carbocycles. The Bertz CT molecular complexity index is 494. The number of rotatable bonds is 6. The summed E-state index contributed by atoms with van der Waals surface area (Å²) in [4.78, 5) is 0. The van der Waals surface area contributed by atoms with Crippen molar-refractivity contribution in [1.82, 2.24) is 0 Å². The monoisotopic (exact) mass is 336 g/mol. The van der Waals surface area contributed by atoms with Crippen LogP contribution in [0.5, 0.6) is 0 Å². The first-order chi connectivity index (χ1) is 11.5. The molecule has 0 aromatic rings. The normalized spacial score (nSPS) is 41.4. The minimum Gasteiger partial charge on any atom is -0.368 e. The Morgan fingerprint density at radius 2 is 1.67 bits per heavy atom. The fraction of sp³-hybridized carbons (Fsp3) is 0.800. The van der Waals surface area contributed by atoms with Gasteiger partial charge in [0.1, 0.15) is 0 Å². The molecule has 2 aliphatic heterocycles. The summed E-state index contributed by atoms with van der Waals surface area (Å²) in [7, 11) is 0. The fourth-order valence-electron chi connectivity index (χ4n) is 4.79. The third-order valence-corrected chi connectivity index (χ3v) is 6.05. The summed E-state index contributed by atoms with van der Waals surface area (Å²) < 4.78 is 11.1. The molecule has 24 heavy (non-hydrogen) atoms. The number of allylic oxidation sites excluding steroid dienone is 4. The van der Waals surface area contributed by atoms with Crippen LogP contribution >= 0.6 is 0 Å². The second kappa shape index (κ2) is 7.69. The van der Waals surface area contributed by atoms with Gasteiger partial charge in [0.15, 0.2) is 18.9 Å². The molecule has 1 saturated carbocycles. The average molecular weight is 336 g/mol. The van der Waals surface area contributed by atoms with Crippen LogP contribution in [0.2, 0.25) is 0 Å². The number of aliphatic hydroxyl groups excluding tert-OH is 2. The van der Waals surface area contributed by atoms with E-state index in [0.717, 1.165) is 38.5 Å². The summed E-state index contributed by atoms with van der Waals surface area (Å²) in [5.74, 6) is 1.03. The smallest absolute Gasteiger partial charge is 0.167 e. The average Bonchev–Trinajstić information content (AvgIpc) is 3.06. The van der Waals surface area contributed by atoms with Gasteiger partial charge in [-0.05, 0) is 65.2 Å². The van der Waals surface area contributed by atoms with E-state index in [4.69, 9.17) is 9.47 Å². The van der Waals surface area contributed by atoms with Crippen LogP contribution in [0.15, 0.2) is 23.3 Å². The standard InChI is InChI=1S/C20H32O4/c1-12(2)6-4-7-13(3)8-5-9-15-14-10-11-16-17(14)20(23-18(15)21)24-19(16)22/h6,8,14-22H,4-5,7,9-11H2,1-3H3/b13-8+. The van der Waals surface area contributed by atoms with Gasteiger partial charge in [-0.3, -0.25) is 0 Å². The minimum absolute atomic E-state index is 0.159. The van der Waals surface area contributed by atoms with Crippen LogP contribution in [0.1, 0.15) is 59.3 Å². The van der Waals surface area contributed by atoms with Crippen LogP contribution in [0.4, 0.5) is 0 Å². The van der Waals surface area contributed by atoms with Gasteiger partial charge in [-0.1, -0.05) is 23.3 Å². The number of hydrogen-bond donors (Lipinski definition) is 2. The molecular weight excluding hydrogens is 304 g/mol. The van der Waals surface area contributed by atoms with Crippen molar-refractivity contribution in [1.29, 1.82) is 0 Å². The number of aliphatic hydroxyl groups is 2. The van der Waals surface area contributed by atoms with Crippen LogP contribution in [0.3, 0.4) is 0 Å². The molecule has 0 bridgehead atoms. The SMILES string of the molecule is CC(C)=CCC/C(C)=C/CCC1C(O)OC2OC(O)C3CCC1C23. The molecule has 0 aromatic heterocycles. The van der Waals surface area contributed by atoms with E-state index in [1.165, 1.54) is 11.1 Å². The minimum atomic E-state index is -0.764. The first-order valence-corrected chi connectivity index (χ1v) is 9.43. The van der Waals surface area contributed by atoms with Gasteiger partial charge < -0.3 is 19.7 Å². The Balaban J connectivity index is 1.53. The molecule has 4 heteroatoms. The lowest BCUT2D eigenvalue weighted by Gasteiger charge is -2.40. The van der Waals surface area contributed by atoms with E-state index in [9.17, 15) is 10.2 Å². The van der Waals surface area contributed by atoms with Crippen molar-refractivity contribution in [3.8, 4) is 0 Å². The molecule has 0 radical (unpaired) electrons. The molecule has 3 fully saturated rings. The summed E-state index contributed by atoms with van der Waals surface area (Å²) in [5, 5.41) is 20.4. The molecular formula is C20H32O4. The first-order valence-electron chi connectivity index (χ1n) is 9.43. The quantitative estimate of drug-likeness (QED) is 0.726. The van der Waals surface area contributed by atoms with E-state index in [2.05, 4.69) is 32.9 Å². The molecule has 7 atom stereocenters. The molecule has 0 aromatic carbocycles. The molecule has 4 nitrogen and oxygen atoms in total. The molecule has 3 aliphatic rings. The van der Waals surface area contributed by atoms with Crippen LogP contribution in [0.25, 0.3) is 0 Å². The Labute approximate surface area is 145 Å². The Morgan fingerprint density at radius 1 is 0.958 bits per heavy atom. The highest BCUT2D eigenvalue weighted by Gasteiger charge is 2.58. The largest absolute Gasteiger partial charge is 0.368 e. The summed E-state index contributed by atoms with van der Waals surface area (Å²) in [6.45, 7) is 6.46. The van der Waals surface area contributed by atoms with Gasteiger partial charge >= 0.3 is 0 Å². The van der Waals surface area contributed by atoms with Crippen molar-refractivity contribution < 1.29 is 19.7 Å². The van der Waals surface area contributed by atoms with Gasteiger partial charge in [0.25, 0.3) is 0 Å². The molecule has 7 unspecified atom stereocenters. The third kappa shape index (κ3) is 3.77. The molecule has 3 rings (SSSR count). The van der Waals surface area contributed by atoms with Crippen molar-refractivity contribution in [2.24, 2.45) is 23.7 Å². The van der Waals surface area contributed by atoms with Gasteiger partial charge in [-0.2, -0.15) is 0 Å². The van der Waals surface area contributed by atoms with Gasteiger partial charge in [0.2, 0.25) is 0 Å². The highest BCUT2D eigenvalue weighted by Crippen LogP contribution is 2.54. The molecule has 2 saturated heterocycles. The molecule has 136 valence electrons. The zero-order valence-corrected chi connectivity index (χ0v) is 15.1. The van der Waals surface area contributed by atoms with Crippen molar-refractivity contribution in [3.63, 3.8) is 0 Å². The molecule has 0 spiro atoms. The van der Waals surface area contributed by atoms with Gasteiger partial charge in [-0.15, -0.1) is 0 Å². The van der Waals surface area contributed by atoms with Crippen LogP contribution in [-0.2, 0) is 9.47 Å².